The lowest BCUT2D eigenvalue weighted by Gasteiger charge is -2.03. The molecule has 5 nitrogen and oxygen atoms in total. The molecule has 0 atom stereocenters. The molecule has 1 aromatic carbocycles. The smallest absolute Gasteiger partial charge is 0.261 e. The minimum Gasteiger partial charge on any atom is -0.351 e. The van der Waals surface area contributed by atoms with Crippen molar-refractivity contribution < 1.29 is 9.59 Å². The molecule has 26 heavy (non-hydrogen) atoms. The molecule has 0 unspecified atom stereocenters. The Balaban J connectivity index is 1.50. The molecule has 7 heteroatoms. The van der Waals surface area contributed by atoms with Crippen molar-refractivity contribution in [3.05, 3.63) is 74.7 Å². The fourth-order valence-electron chi connectivity index (χ4n) is 2.39. The summed E-state index contributed by atoms with van der Waals surface area (Å²) < 4.78 is 1.97. The van der Waals surface area contributed by atoms with Crippen LogP contribution in [0.15, 0.2) is 64.4 Å². The Kier molecular flexibility index (Phi) is 6.51. The predicted octanol–water partition coefficient (Wildman–Crippen LogP) is 3.30. The normalized spacial score (nSPS) is 11.5. The van der Waals surface area contributed by atoms with Gasteiger partial charge in [-0.3, -0.25) is 9.59 Å². The number of hydrogen-bond acceptors (Lipinski definition) is 4. The summed E-state index contributed by atoms with van der Waals surface area (Å²) in [6, 6.07) is 13.7. The highest BCUT2D eigenvalue weighted by Crippen LogP contribution is 2.07. The zero-order chi connectivity index (χ0) is 18.2. The zero-order valence-corrected chi connectivity index (χ0v) is 15.8. The molecule has 0 aliphatic carbocycles. The van der Waals surface area contributed by atoms with Gasteiger partial charge in [0.15, 0.2) is 4.80 Å². The third-order valence-electron chi connectivity index (χ3n) is 3.67. The van der Waals surface area contributed by atoms with E-state index in [9.17, 15) is 9.59 Å². The number of nitrogens with zero attached hydrogens (tertiary/aromatic N) is 2. The molecule has 3 rings (SSSR count). The van der Waals surface area contributed by atoms with Gasteiger partial charge < -0.3 is 9.88 Å². The van der Waals surface area contributed by atoms with Crippen molar-refractivity contribution in [3.63, 3.8) is 0 Å². The quantitative estimate of drug-likeness (QED) is 0.634. The summed E-state index contributed by atoms with van der Waals surface area (Å²) in [5.74, 6) is -0.261. The van der Waals surface area contributed by atoms with E-state index < -0.39 is 0 Å². The van der Waals surface area contributed by atoms with Gasteiger partial charge in [0.05, 0.1) is 4.88 Å². The molecular weight excluding hydrogens is 366 g/mol. The number of rotatable bonds is 7. The summed E-state index contributed by atoms with van der Waals surface area (Å²) in [5.41, 5.74) is 1.16. The number of aromatic nitrogens is 1. The van der Waals surface area contributed by atoms with Crippen LogP contribution in [0.4, 0.5) is 0 Å². The molecule has 1 N–H and O–H groups in total. The lowest BCUT2D eigenvalue weighted by Crippen LogP contribution is -2.24. The van der Waals surface area contributed by atoms with E-state index in [2.05, 4.69) is 10.3 Å². The number of thiazole rings is 1. The van der Waals surface area contributed by atoms with E-state index in [0.717, 1.165) is 5.56 Å². The predicted molar refractivity (Wildman–Crippen MR) is 104 cm³/mol. The monoisotopic (exact) mass is 385 g/mol. The van der Waals surface area contributed by atoms with E-state index in [0.29, 0.717) is 35.6 Å². The van der Waals surface area contributed by atoms with E-state index in [1.54, 1.807) is 6.07 Å². The number of benzene rings is 1. The van der Waals surface area contributed by atoms with E-state index >= 15 is 0 Å². The van der Waals surface area contributed by atoms with Crippen molar-refractivity contribution >= 4 is 34.5 Å². The fourth-order valence-corrected chi connectivity index (χ4v) is 3.77. The van der Waals surface area contributed by atoms with Crippen molar-refractivity contribution in [1.29, 1.82) is 0 Å². The average Bonchev–Trinajstić information content (AvgIpc) is 3.32. The van der Waals surface area contributed by atoms with E-state index in [1.807, 2.05) is 57.9 Å². The van der Waals surface area contributed by atoms with Gasteiger partial charge in [-0.2, -0.15) is 4.99 Å². The minimum absolute atomic E-state index is 0.0941. The maximum atomic E-state index is 12.1. The molecule has 0 radical (unpaired) electrons. The number of amides is 2. The first-order chi connectivity index (χ1) is 12.7. The van der Waals surface area contributed by atoms with Gasteiger partial charge in [-0.15, -0.1) is 22.7 Å². The van der Waals surface area contributed by atoms with Gasteiger partial charge in [0.1, 0.15) is 0 Å². The highest BCUT2D eigenvalue weighted by molar-refractivity contribution is 7.12. The number of nitrogens with one attached hydrogen (secondary N) is 1. The molecule has 0 saturated heterocycles. The second kappa shape index (κ2) is 9.26. The molecule has 0 aliphatic heterocycles. The first kappa shape index (κ1) is 18.3. The van der Waals surface area contributed by atoms with Crippen LogP contribution >= 0.6 is 22.7 Å². The Hall–Kier alpha value is -2.51. The fraction of sp³-hybridized carbons (Fsp3) is 0.211. The van der Waals surface area contributed by atoms with E-state index in [4.69, 9.17) is 0 Å². The van der Waals surface area contributed by atoms with Gasteiger partial charge >= 0.3 is 0 Å². The minimum atomic E-state index is -0.167. The molecule has 0 bridgehead atoms. The van der Waals surface area contributed by atoms with Crippen molar-refractivity contribution in [3.8, 4) is 0 Å². The third-order valence-corrected chi connectivity index (χ3v) is 5.34. The van der Waals surface area contributed by atoms with Gasteiger partial charge in [0, 0.05) is 31.1 Å². The highest BCUT2D eigenvalue weighted by atomic mass is 32.1. The summed E-state index contributed by atoms with van der Waals surface area (Å²) in [5, 5.41) is 6.61. The number of carbonyl (C=O) groups excluding carboxylic acids is 2. The molecule has 0 saturated carbocycles. The van der Waals surface area contributed by atoms with Crippen LogP contribution in [0.5, 0.6) is 0 Å². The van der Waals surface area contributed by atoms with Crippen LogP contribution in [0.2, 0.25) is 0 Å². The van der Waals surface area contributed by atoms with Gasteiger partial charge in [-0.05, 0) is 23.4 Å². The lowest BCUT2D eigenvalue weighted by atomic mass is 10.2. The van der Waals surface area contributed by atoms with Crippen molar-refractivity contribution in [2.75, 3.05) is 6.54 Å². The Morgan fingerprint density at radius 1 is 1.04 bits per heavy atom. The first-order valence-electron chi connectivity index (χ1n) is 8.29. The molecule has 2 aromatic heterocycles. The Morgan fingerprint density at radius 2 is 1.88 bits per heavy atom. The van der Waals surface area contributed by atoms with E-state index in [-0.39, 0.29) is 11.8 Å². The van der Waals surface area contributed by atoms with Crippen molar-refractivity contribution in [1.82, 2.24) is 9.88 Å². The number of thiophene rings is 1. The zero-order valence-electron chi connectivity index (χ0n) is 14.1. The largest absolute Gasteiger partial charge is 0.351 e. The SMILES string of the molecule is O=C(CCCNC(=O)c1cccs1)N=c1sccn1Cc1ccccc1. The van der Waals surface area contributed by atoms with Crippen LogP contribution in [-0.4, -0.2) is 22.9 Å². The number of hydrogen-bond donors (Lipinski definition) is 1. The molecule has 0 aliphatic rings. The number of carbonyl (C=O) groups is 2. The summed E-state index contributed by atoms with van der Waals surface area (Å²) in [4.78, 5) is 29.5. The van der Waals surface area contributed by atoms with Crippen molar-refractivity contribution in [2.24, 2.45) is 4.99 Å². The molecule has 0 fully saturated rings. The Morgan fingerprint density at radius 3 is 2.65 bits per heavy atom. The standard InChI is InChI=1S/C19H19N3O2S2/c23-17(9-4-10-20-18(24)16-8-5-12-25-16)21-19-22(11-13-26-19)14-15-6-2-1-3-7-15/h1-3,5-8,11-13H,4,9-10,14H2,(H,20,24). The second-order valence-electron chi connectivity index (χ2n) is 5.64. The summed E-state index contributed by atoms with van der Waals surface area (Å²) in [6.07, 6.45) is 2.82. The Bertz CT molecular complexity index is 912. The summed E-state index contributed by atoms with van der Waals surface area (Å²) >= 11 is 2.85. The van der Waals surface area contributed by atoms with Crippen molar-refractivity contribution in [2.45, 2.75) is 19.4 Å². The summed E-state index contributed by atoms with van der Waals surface area (Å²) in [7, 11) is 0. The van der Waals surface area contributed by atoms with Gasteiger partial charge in [0.25, 0.3) is 5.91 Å². The third kappa shape index (κ3) is 5.24. The first-order valence-corrected chi connectivity index (χ1v) is 10.1. The maximum absolute atomic E-state index is 12.1. The summed E-state index contributed by atoms with van der Waals surface area (Å²) in [6.45, 7) is 1.15. The topological polar surface area (TPSA) is 63.5 Å². The second-order valence-corrected chi connectivity index (χ2v) is 7.46. The average molecular weight is 386 g/mol. The Labute approximate surface area is 159 Å². The maximum Gasteiger partial charge on any atom is 0.261 e. The molecule has 3 aromatic rings. The van der Waals surface area contributed by atoms with Gasteiger partial charge in [-0.1, -0.05) is 36.4 Å². The van der Waals surface area contributed by atoms with Crippen LogP contribution in [0.1, 0.15) is 28.1 Å². The molecular formula is C19H19N3O2S2. The molecule has 2 heterocycles. The molecule has 134 valence electrons. The van der Waals surface area contributed by atoms with Gasteiger partial charge in [-0.25, -0.2) is 0 Å². The van der Waals surface area contributed by atoms with Crippen LogP contribution in [0.3, 0.4) is 0 Å². The van der Waals surface area contributed by atoms with Crippen LogP contribution < -0.4 is 10.1 Å². The highest BCUT2D eigenvalue weighted by Gasteiger charge is 2.06. The van der Waals surface area contributed by atoms with Crippen LogP contribution in [-0.2, 0) is 11.3 Å². The molecule has 0 spiro atoms. The van der Waals surface area contributed by atoms with Crippen LogP contribution in [0, 0.1) is 0 Å². The van der Waals surface area contributed by atoms with Crippen LogP contribution in [0.25, 0.3) is 0 Å². The van der Waals surface area contributed by atoms with Gasteiger partial charge in [0.2, 0.25) is 5.91 Å². The molecule has 2 amide bonds. The van der Waals surface area contributed by atoms with E-state index in [1.165, 1.54) is 22.7 Å². The lowest BCUT2D eigenvalue weighted by molar-refractivity contribution is -0.118.